The lowest BCUT2D eigenvalue weighted by Crippen LogP contribution is -2.02. The molecule has 4 rings (SSSR count). The van der Waals surface area contributed by atoms with Gasteiger partial charge in [-0.15, -0.1) is 0 Å². The van der Waals surface area contributed by atoms with Crippen molar-refractivity contribution < 1.29 is 0 Å². The summed E-state index contributed by atoms with van der Waals surface area (Å²) < 4.78 is 2.36. The SMILES string of the molecule is Cc1cc(-n2c(C(C)C)cc3cc4c(cc32)C=NC4)ccn1. The van der Waals surface area contributed by atoms with E-state index in [9.17, 15) is 0 Å². The van der Waals surface area contributed by atoms with E-state index >= 15 is 0 Å². The fourth-order valence-electron chi connectivity index (χ4n) is 3.22. The second kappa shape index (κ2) is 4.80. The largest absolute Gasteiger partial charge is 0.313 e. The minimum Gasteiger partial charge on any atom is -0.313 e. The molecule has 0 unspecified atom stereocenters. The van der Waals surface area contributed by atoms with E-state index in [-0.39, 0.29) is 0 Å². The second-order valence-electron chi connectivity index (χ2n) is 6.29. The highest BCUT2D eigenvalue weighted by atomic mass is 15.0. The van der Waals surface area contributed by atoms with E-state index < -0.39 is 0 Å². The molecular formula is C19H19N3. The van der Waals surface area contributed by atoms with Crippen LogP contribution in [0.3, 0.4) is 0 Å². The van der Waals surface area contributed by atoms with Gasteiger partial charge >= 0.3 is 0 Å². The normalized spacial score (nSPS) is 13.3. The molecule has 110 valence electrons. The first kappa shape index (κ1) is 13.3. The van der Waals surface area contributed by atoms with Crippen LogP contribution in [0.15, 0.2) is 41.5 Å². The van der Waals surface area contributed by atoms with E-state index in [1.54, 1.807) is 0 Å². The van der Waals surface area contributed by atoms with Gasteiger partial charge in [0.2, 0.25) is 0 Å². The Morgan fingerprint density at radius 2 is 2.00 bits per heavy atom. The van der Waals surface area contributed by atoms with Crippen LogP contribution in [0.5, 0.6) is 0 Å². The van der Waals surface area contributed by atoms with E-state index in [1.807, 2.05) is 19.3 Å². The summed E-state index contributed by atoms with van der Waals surface area (Å²) in [7, 11) is 0. The maximum atomic E-state index is 4.38. The summed E-state index contributed by atoms with van der Waals surface area (Å²) in [5.41, 5.74) is 7.37. The van der Waals surface area contributed by atoms with Gasteiger partial charge in [0.25, 0.3) is 0 Å². The minimum atomic E-state index is 0.462. The molecule has 0 atom stereocenters. The van der Waals surface area contributed by atoms with Gasteiger partial charge < -0.3 is 4.57 Å². The molecule has 0 N–H and O–H groups in total. The molecule has 0 aliphatic carbocycles. The highest BCUT2D eigenvalue weighted by molar-refractivity contribution is 5.94. The van der Waals surface area contributed by atoms with Crippen LogP contribution in [-0.2, 0) is 6.54 Å². The molecule has 1 aliphatic heterocycles. The number of benzene rings is 1. The van der Waals surface area contributed by atoms with Crippen LogP contribution in [0.25, 0.3) is 16.6 Å². The van der Waals surface area contributed by atoms with Gasteiger partial charge in [0.15, 0.2) is 0 Å². The van der Waals surface area contributed by atoms with Crippen molar-refractivity contribution in [1.82, 2.24) is 9.55 Å². The van der Waals surface area contributed by atoms with Crippen molar-refractivity contribution in [3.05, 3.63) is 59.0 Å². The average molecular weight is 289 g/mol. The number of rotatable bonds is 2. The van der Waals surface area contributed by atoms with Gasteiger partial charge in [-0.05, 0) is 54.3 Å². The molecule has 0 fully saturated rings. The molecule has 22 heavy (non-hydrogen) atoms. The van der Waals surface area contributed by atoms with Crippen molar-refractivity contribution in [2.24, 2.45) is 4.99 Å². The molecule has 3 heteroatoms. The molecule has 3 nitrogen and oxygen atoms in total. The molecule has 1 aromatic carbocycles. The summed E-state index contributed by atoms with van der Waals surface area (Å²) in [4.78, 5) is 8.71. The van der Waals surface area contributed by atoms with Crippen molar-refractivity contribution in [2.75, 3.05) is 0 Å². The van der Waals surface area contributed by atoms with Gasteiger partial charge in [0.05, 0.1) is 12.1 Å². The highest BCUT2D eigenvalue weighted by Crippen LogP contribution is 2.32. The first-order chi connectivity index (χ1) is 10.6. The summed E-state index contributed by atoms with van der Waals surface area (Å²) in [5.74, 6) is 0.462. The zero-order chi connectivity index (χ0) is 15.3. The van der Waals surface area contributed by atoms with Gasteiger partial charge in [-0.25, -0.2) is 0 Å². The Balaban J connectivity index is 2.05. The molecule has 3 aromatic rings. The first-order valence-corrected chi connectivity index (χ1v) is 7.74. The smallest absolute Gasteiger partial charge is 0.0646 e. The Morgan fingerprint density at radius 3 is 2.77 bits per heavy atom. The predicted molar refractivity (Wildman–Crippen MR) is 91.2 cm³/mol. The summed E-state index contributed by atoms with van der Waals surface area (Å²) in [6.07, 6.45) is 3.87. The quantitative estimate of drug-likeness (QED) is 0.688. The van der Waals surface area contributed by atoms with Crippen LogP contribution in [0.4, 0.5) is 0 Å². The average Bonchev–Trinajstić information content (AvgIpc) is 3.07. The molecule has 0 bridgehead atoms. The number of hydrogen-bond donors (Lipinski definition) is 0. The van der Waals surface area contributed by atoms with Crippen molar-refractivity contribution >= 4 is 17.1 Å². The molecule has 0 amide bonds. The third kappa shape index (κ3) is 1.97. The Labute approximate surface area is 130 Å². The fraction of sp³-hybridized carbons (Fsp3) is 0.263. The van der Waals surface area contributed by atoms with Crippen LogP contribution >= 0.6 is 0 Å². The summed E-state index contributed by atoms with van der Waals surface area (Å²) in [6.45, 7) is 7.33. The third-order valence-electron chi connectivity index (χ3n) is 4.31. The summed E-state index contributed by atoms with van der Waals surface area (Å²) in [6, 6.07) is 11.1. The molecule has 0 saturated heterocycles. The number of aliphatic imine (C=N–C) groups is 1. The van der Waals surface area contributed by atoms with Crippen LogP contribution in [0.1, 0.15) is 42.3 Å². The standard InChI is InChI=1S/C19H19N3/c1-12(2)18-8-14-7-15-10-20-11-16(15)9-19(14)22(18)17-4-5-21-13(3)6-17/h4-9,11-12H,10H2,1-3H3. The molecular weight excluding hydrogens is 270 g/mol. The van der Waals surface area contributed by atoms with Crippen LogP contribution < -0.4 is 0 Å². The number of fused-ring (bicyclic) bond motifs is 2. The zero-order valence-electron chi connectivity index (χ0n) is 13.2. The lowest BCUT2D eigenvalue weighted by molar-refractivity contribution is 0.795. The maximum Gasteiger partial charge on any atom is 0.0646 e. The van der Waals surface area contributed by atoms with E-state index in [4.69, 9.17) is 0 Å². The molecule has 0 spiro atoms. The number of pyridine rings is 1. The number of nitrogens with zero attached hydrogens (tertiary/aromatic N) is 3. The van der Waals surface area contributed by atoms with Gasteiger partial charge in [-0.2, -0.15) is 0 Å². The van der Waals surface area contributed by atoms with Crippen molar-refractivity contribution in [1.29, 1.82) is 0 Å². The zero-order valence-corrected chi connectivity index (χ0v) is 13.2. The third-order valence-corrected chi connectivity index (χ3v) is 4.31. The topological polar surface area (TPSA) is 30.2 Å². The van der Waals surface area contributed by atoms with Gasteiger partial charge in [0, 0.05) is 34.9 Å². The number of hydrogen-bond acceptors (Lipinski definition) is 2. The summed E-state index contributed by atoms with van der Waals surface area (Å²) in [5, 5.41) is 1.29. The lowest BCUT2D eigenvalue weighted by Gasteiger charge is -2.14. The molecule has 0 radical (unpaired) electrons. The Morgan fingerprint density at radius 1 is 1.14 bits per heavy atom. The van der Waals surface area contributed by atoms with Gasteiger partial charge in [-0.1, -0.05) is 13.8 Å². The molecule has 0 saturated carbocycles. The lowest BCUT2D eigenvalue weighted by atomic mass is 10.1. The number of aryl methyl sites for hydroxylation is 1. The van der Waals surface area contributed by atoms with E-state index in [2.05, 4.69) is 58.7 Å². The van der Waals surface area contributed by atoms with Gasteiger partial charge in [-0.3, -0.25) is 9.98 Å². The Bertz CT molecular complexity index is 900. The van der Waals surface area contributed by atoms with E-state index in [0.717, 1.165) is 12.2 Å². The van der Waals surface area contributed by atoms with Crippen molar-refractivity contribution in [3.8, 4) is 5.69 Å². The Kier molecular flexibility index (Phi) is 2.89. The second-order valence-corrected chi connectivity index (χ2v) is 6.29. The van der Waals surface area contributed by atoms with Gasteiger partial charge in [0.1, 0.15) is 0 Å². The fourth-order valence-corrected chi connectivity index (χ4v) is 3.22. The highest BCUT2D eigenvalue weighted by Gasteiger charge is 2.16. The summed E-state index contributed by atoms with van der Waals surface area (Å²) >= 11 is 0. The molecule has 2 aromatic heterocycles. The monoisotopic (exact) mass is 289 g/mol. The molecule has 1 aliphatic rings. The minimum absolute atomic E-state index is 0.462. The maximum absolute atomic E-state index is 4.38. The predicted octanol–water partition coefficient (Wildman–Crippen LogP) is 4.39. The number of aromatic nitrogens is 2. The van der Waals surface area contributed by atoms with Crippen LogP contribution in [0.2, 0.25) is 0 Å². The van der Waals surface area contributed by atoms with Crippen LogP contribution in [0, 0.1) is 6.92 Å². The van der Waals surface area contributed by atoms with Crippen molar-refractivity contribution in [3.63, 3.8) is 0 Å². The molecule has 3 heterocycles. The van der Waals surface area contributed by atoms with E-state index in [1.165, 1.54) is 33.4 Å². The van der Waals surface area contributed by atoms with Crippen LogP contribution in [-0.4, -0.2) is 15.8 Å². The van der Waals surface area contributed by atoms with Crippen molar-refractivity contribution in [2.45, 2.75) is 33.2 Å². The Hall–Kier alpha value is -2.42. The first-order valence-electron chi connectivity index (χ1n) is 7.74. The van der Waals surface area contributed by atoms with E-state index in [0.29, 0.717) is 5.92 Å².